The van der Waals surface area contributed by atoms with E-state index in [1.807, 2.05) is 13.1 Å². The average molecular weight is 279 g/mol. The van der Waals surface area contributed by atoms with Crippen molar-refractivity contribution in [3.63, 3.8) is 0 Å². The molecule has 1 aromatic carbocycles. The van der Waals surface area contributed by atoms with Crippen molar-refractivity contribution in [3.8, 4) is 0 Å². The topological polar surface area (TPSA) is 58.4 Å². The van der Waals surface area contributed by atoms with Crippen molar-refractivity contribution in [1.29, 1.82) is 0 Å². The second-order valence-corrected chi connectivity index (χ2v) is 6.32. The summed E-state index contributed by atoms with van der Waals surface area (Å²) in [5.41, 5.74) is 1.80. The zero-order valence-corrected chi connectivity index (χ0v) is 13.2. The van der Waals surface area contributed by atoms with Gasteiger partial charge in [-0.05, 0) is 31.0 Å². The molecule has 0 heterocycles. The quantitative estimate of drug-likeness (QED) is 0.662. The molecule has 0 radical (unpaired) electrons. The molecule has 1 rings (SSSR count). The molecular weight excluding hydrogens is 254 g/mol. The summed E-state index contributed by atoms with van der Waals surface area (Å²) in [5, 5.41) is 13.9. The third kappa shape index (κ3) is 3.93. The molecule has 0 aliphatic rings. The van der Waals surface area contributed by atoms with Crippen LogP contribution in [0.3, 0.4) is 0 Å². The molecule has 1 unspecified atom stereocenters. The third-order valence-electron chi connectivity index (χ3n) is 3.87. The van der Waals surface area contributed by atoms with Crippen LogP contribution in [-0.2, 0) is 6.54 Å². The molecule has 0 saturated carbocycles. The van der Waals surface area contributed by atoms with Gasteiger partial charge in [-0.1, -0.05) is 26.8 Å². The molecule has 0 spiro atoms. The average Bonchev–Trinajstić information content (AvgIpc) is 2.36. The number of nitro benzene ring substituents is 1. The number of benzene rings is 1. The predicted molar refractivity (Wildman–Crippen MR) is 83.0 cm³/mol. The van der Waals surface area contributed by atoms with E-state index in [4.69, 9.17) is 0 Å². The normalized spacial score (nSPS) is 13.3. The standard InChI is InChI=1S/C15H25N3O2/c1-11(15(2,3)4)17(6)10-12-7-8-13(16-5)14(9-12)18(19)20/h7-9,11,16H,10H2,1-6H3. The Morgan fingerprint density at radius 2 is 2.00 bits per heavy atom. The smallest absolute Gasteiger partial charge is 0.292 e. The van der Waals surface area contributed by atoms with Gasteiger partial charge in [0.1, 0.15) is 5.69 Å². The highest BCUT2D eigenvalue weighted by Crippen LogP contribution is 2.28. The number of hydrogen-bond acceptors (Lipinski definition) is 4. The third-order valence-corrected chi connectivity index (χ3v) is 3.87. The van der Waals surface area contributed by atoms with Gasteiger partial charge in [-0.15, -0.1) is 0 Å². The van der Waals surface area contributed by atoms with Gasteiger partial charge in [-0.3, -0.25) is 15.0 Å². The van der Waals surface area contributed by atoms with Gasteiger partial charge in [0.2, 0.25) is 0 Å². The monoisotopic (exact) mass is 279 g/mol. The molecule has 5 heteroatoms. The zero-order chi connectivity index (χ0) is 15.5. The molecule has 0 amide bonds. The maximum atomic E-state index is 11.1. The van der Waals surface area contributed by atoms with Gasteiger partial charge in [0.05, 0.1) is 4.92 Å². The van der Waals surface area contributed by atoms with Crippen molar-refractivity contribution in [2.45, 2.75) is 40.3 Å². The van der Waals surface area contributed by atoms with E-state index in [2.05, 4.69) is 37.9 Å². The van der Waals surface area contributed by atoms with Crippen molar-refractivity contribution in [3.05, 3.63) is 33.9 Å². The molecule has 1 atom stereocenters. The van der Waals surface area contributed by atoms with Crippen LogP contribution in [0.4, 0.5) is 11.4 Å². The van der Waals surface area contributed by atoms with Crippen molar-refractivity contribution >= 4 is 11.4 Å². The molecule has 0 fully saturated rings. The molecule has 5 nitrogen and oxygen atoms in total. The molecule has 1 aromatic rings. The summed E-state index contributed by atoms with van der Waals surface area (Å²) < 4.78 is 0. The number of nitrogens with one attached hydrogen (secondary N) is 1. The van der Waals surface area contributed by atoms with E-state index >= 15 is 0 Å². The Morgan fingerprint density at radius 3 is 2.45 bits per heavy atom. The zero-order valence-electron chi connectivity index (χ0n) is 13.2. The van der Waals surface area contributed by atoms with Crippen molar-refractivity contribution < 1.29 is 4.92 Å². The van der Waals surface area contributed by atoms with Crippen LogP contribution in [0, 0.1) is 15.5 Å². The maximum Gasteiger partial charge on any atom is 0.292 e. The second-order valence-electron chi connectivity index (χ2n) is 6.32. The van der Waals surface area contributed by atoms with Gasteiger partial charge in [0.15, 0.2) is 0 Å². The summed E-state index contributed by atoms with van der Waals surface area (Å²) in [4.78, 5) is 12.9. The maximum absolute atomic E-state index is 11.1. The van der Waals surface area contributed by atoms with E-state index in [0.717, 1.165) is 5.56 Å². The lowest BCUT2D eigenvalue weighted by Gasteiger charge is -2.35. The Kier molecular flexibility index (Phi) is 5.11. The fraction of sp³-hybridized carbons (Fsp3) is 0.600. The van der Waals surface area contributed by atoms with E-state index in [0.29, 0.717) is 18.3 Å². The Labute approximate surface area is 121 Å². The number of anilines is 1. The lowest BCUT2D eigenvalue weighted by atomic mass is 9.87. The molecule has 1 N–H and O–H groups in total. The Balaban J connectivity index is 2.94. The fourth-order valence-corrected chi connectivity index (χ4v) is 2.12. The second kappa shape index (κ2) is 6.22. The van der Waals surface area contributed by atoms with E-state index in [-0.39, 0.29) is 16.0 Å². The van der Waals surface area contributed by atoms with Gasteiger partial charge >= 0.3 is 0 Å². The number of nitrogens with zero attached hydrogens (tertiary/aromatic N) is 2. The van der Waals surface area contributed by atoms with E-state index < -0.39 is 0 Å². The first-order valence-corrected chi connectivity index (χ1v) is 6.82. The summed E-state index contributed by atoms with van der Waals surface area (Å²) in [6.45, 7) is 9.46. The van der Waals surface area contributed by atoms with Crippen molar-refractivity contribution in [2.75, 3.05) is 19.4 Å². The number of nitro groups is 1. The SMILES string of the molecule is CNc1ccc(CN(C)C(C)C(C)(C)C)cc1[N+](=O)[O-]. The number of rotatable bonds is 5. The van der Waals surface area contributed by atoms with Crippen LogP contribution in [-0.4, -0.2) is 30.0 Å². The highest BCUT2D eigenvalue weighted by molar-refractivity contribution is 5.62. The summed E-state index contributed by atoms with van der Waals surface area (Å²) in [7, 11) is 3.74. The van der Waals surface area contributed by atoms with Crippen LogP contribution in [0.15, 0.2) is 18.2 Å². The minimum absolute atomic E-state index is 0.127. The van der Waals surface area contributed by atoms with Gasteiger partial charge in [0, 0.05) is 25.7 Å². The van der Waals surface area contributed by atoms with E-state index in [9.17, 15) is 10.1 Å². The summed E-state index contributed by atoms with van der Waals surface area (Å²) in [6.07, 6.45) is 0. The van der Waals surface area contributed by atoms with Gasteiger partial charge in [-0.25, -0.2) is 0 Å². The van der Waals surface area contributed by atoms with Crippen LogP contribution in [0.5, 0.6) is 0 Å². The predicted octanol–water partition coefficient (Wildman–Crippen LogP) is 3.50. The fourth-order valence-electron chi connectivity index (χ4n) is 2.12. The molecule has 0 aliphatic carbocycles. The minimum atomic E-state index is -0.345. The van der Waals surface area contributed by atoms with Gasteiger partial charge < -0.3 is 5.32 Å². The molecule has 20 heavy (non-hydrogen) atoms. The molecular formula is C15H25N3O2. The highest BCUT2D eigenvalue weighted by atomic mass is 16.6. The Morgan fingerprint density at radius 1 is 1.40 bits per heavy atom. The van der Waals surface area contributed by atoms with Gasteiger partial charge in [0.25, 0.3) is 5.69 Å². The van der Waals surface area contributed by atoms with Crippen LogP contribution in [0.25, 0.3) is 0 Å². The molecule has 0 saturated heterocycles. The van der Waals surface area contributed by atoms with Crippen LogP contribution in [0.2, 0.25) is 0 Å². The van der Waals surface area contributed by atoms with Crippen LogP contribution < -0.4 is 5.32 Å². The molecule has 0 aromatic heterocycles. The first-order chi connectivity index (χ1) is 9.16. The van der Waals surface area contributed by atoms with Crippen LogP contribution >= 0.6 is 0 Å². The van der Waals surface area contributed by atoms with E-state index in [1.54, 1.807) is 19.2 Å². The lowest BCUT2D eigenvalue weighted by molar-refractivity contribution is -0.384. The lowest BCUT2D eigenvalue weighted by Crippen LogP contribution is -2.38. The van der Waals surface area contributed by atoms with Crippen molar-refractivity contribution in [2.24, 2.45) is 5.41 Å². The van der Waals surface area contributed by atoms with E-state index in [1.165, 1.54) is 0 Å². The molecule has 0 bridgehead atoms. The van der Waals surface area contributed by atoms with Crippen molar-refractivity contribution in [1.82, 2.24) is 4.90 Å². The minimum Gasteiger partial charge on any atom is -0.383 e. The number of hydrogen-bond donors (Lipinski definition) is 1. The Hall–Kier alpha value is -1.62. The summed E-state index contributed by atoms with van der Waals surface area (Å²) in [6, 6.07) is 5.73. The highest BCUT2D eigenvalue weighted by Gasteiger charge is 2.24. The first kappa shape index (κ1) is 16.4. The van der Waals surface area contributed by atoms with Crippen LogP contribution in [0.1, 0.15) is 33.3 Å². The molecule has 112 valence electrons. The molecule has 0 aliphatic heterocycles. The largest absolute Gasteiger partial charge is 0.383 e. The first-order valence-electron chi connectivity index (χ1n) is 6.82. The van der Waals surface area contributed by atoms with Gasteiger partial charge in [-0.2, -0.15) is 0 Å². The summed E-state index contributed by atoms with van der Waals surface area (Å²) >= 11 is 0. The summed E-state index contributed by atoms with van der Waals surface area (Å²) in [5.74, 6) is 0. The Bertz CT molecular complexity index is 480.